The number of anilines is 2. The highest BCUT2D eigenvalue weighted by atomic mass is 16.5. The van der Waals surface area contributed by atoms with Crippen LogP contribution in [0.15, 0.2) is 34.9 Å². The van der Waals surface area contributed by atoms with E-state index in [9.17, 15) is 4.79 Å². The first kappa shape index (κ1) is 18.8. The van der Waals surface area contributed by atoms with E-state index in [0.717, 1.165) is 5.56 Å². The second kappa shape index (κ2) is 7.84. The molecule has 29 heavy (non-hydrogen) atoms. The third-order valence-electron chi connectivity index (χ3n) is 4.53. The fourth-order valence-corrected chi connectivity index (χ4v) is 2.93. The van der Waals surface area contributed by atoms with Gasteiger partial charge in [0.2, 0.25) is 0 Å². The quantitative estimate of drug-likeness (QED) is 0.696. The van der Waals surface area contributed by atoms with Crippen LogP contribution in [0, 0.1) is 0 Å². The highest BCUT2D eigenvalue weighted by Gasteiger charge is 2.21. The van der Waals surface area contributed by atoms with Gasteiger partial charge in [0.1, 0.15) is 0 Å². The molecule has 0 bridgehead atoms. The number of benzene rings is 1. The van der Waals surface area contributed by atoms with Gasteiger partial charge in [-0.15, -0.1) is 5.10 Å². The molecule has 1 fully saturated rings. The summed E-state index contributed by atoms with van der Waals surface area (Å²) in [6.07, 6.45) is 1.57. The monoisotopic (exact) mass is 395 g/mol. The van der Waals surface area contributed by atoms with E-state index >= 15 is 0 Å². The van der Waals surface area contributed by atoms with Gasteiger partial charge in [-0.3, -0.25) is 4.79 Å². The van der Waals surface area contributed by atoms with E-state index in [1.54, 1.807) is 32.4 Å². The molecule has 0 aliphatic carbocycles. The van der Waals surface area contributed by atoms with Gasteiger partial charge in [0, 0.05) is 38.3 Å². The van der Waals surface area contributed by atoms with Gasteiger partial charge in [-0.1, -0.05) is 17.2 Å². The summed E-state index contributed by atoms with van der Waals surface area (Å²) in [4.78, 5) is 24.3. The van der Waals surface area contributed by atoms with Crippen molar-refractivity contribution in [2.24, 2.45) is 0 Å². The molecule has 10 heteroatoms. The van der Waals surface area contributed by atoms with E-state index in [0.29, 0.717) is 49.3 Å². The maximum Gasteiger partial charge on any atom is 0.318 e. The van der Waals surface area contributed by atoms with Crippen LogP contribution >= 0.6 is 0 Å². The number of carbonyl (C=O) groups excluding carboxylic acids is 1. The van der Waals surface area contributed by atoms with Crippen LogP contribution in [0.25, 0.3) is 22.8 Å². The number of nitrogen functional groups attached to an aromatic ring is 1. The maximum atomic E-state index is 12.1. The van der Waals surface area contributed by atoms with Crippen LogP contribution in [0.1, 0.15) is 10.4 Å². The smallest absolute Gasteiger partial charge is 0.318 e. The van der Waals surface area contributed by atoms with Crippen LogP contribution in [0.2, 0.25) is 0 Å². The number of aromatic nitrogens is 4. The van der Waals surface area contributed by atoms with Crippen molar-refractivity contribution in [2.45, 2.75) is 0 Å². The molecular weight excluding hydrogens is 374 g/mol. The molecule has 150 valence electrons. The lowest BCUT2D eigenvalue weighted by Crippen LogP contribution is -2.36. The van der Waals surface area contributed by atoms with Crippen molar-refractivity contribution >= 4 is 17.7 Å². The minimum Gasteiger partial charge on any atom is -0.401 e. The standard InChI is InChI=1S/C19H21N7O3/c1-25(2)18(27)13-5-3-12(4-6-13)14-11-21-16(20)15(22-14)17-23-24-19(29-17)26-7-9-28-10-8-26/h3-6,11H,7-10H2,1-2H3,(H2,20,21). The van der Waals surface area contributed by atoms with Gasteiger partial charge in [-0.25, -0.2) is 9.97 Å². The number of hydrogen-bond acceptors (Lipinski definition) is 9. The third kappa shape index (κ3) is 3.87. The first-order chi connectivity index (χ1) is 14.0. The van der Waals surface area contributed by atoms with E-state index in [1.165, 1.54) is 4.90 Å². The Morgan fingerprint density at radius 1 is 1.14 bits per heavy atom. The Bertz CT molecular complexity index is 1010. The molecule has 0 atom stereocenters. The molecule has 4 rings (SSSR count). The molecule has 0 unspecified atom stereocenters. The van der Waals surface area contributed by atoms with Crippen molar-refractivity contribution in [1.29, 1.82) is 0 Å². The van der Waals surface area contributed by atoms with Crippen LogP contribution in [0.3, 0.4) is 0 Å². The zero-order chi connectivity index (χ0) is 20.4. The van der Waals surface area contributed by atoms with E-state index in [2.05, 4.69) is 20.2 Å². The Hall–Kier alpha value is -3.53. The number of nitrogens with two attached hydrogens (primary N) is 1. The van der Waals surface area contributed by atoms with Gasteiger partial charge in [-0.05, 0) is 12.1 Å². The minimum absolute atomic E-state index is 0.0675. The van der Waals surface area contributed by atoms with Crippen LogP contribution in [-0.2, 0) is 4.74 Å². The highest BCUT2D eigenvalue weighted by Crippen LogP contribution is 2.27. The molecule has 2 N–H and O–H groups in total. The Morgan fingerprint density at radius 3 is 2.55 bits per heavy atom. The molecular formula is C19H21N7O3. The Morgan fingerprint density at radius 2 is 1.86 bits per heavy atom. The largest absolute Gasteiger partial charge is 0.401 e. The lowest BCUT2D eigenvalue weighted by molar-refractivity contribution is 0.0827. The molecule has 0 saturated carbocycles. The Balaban J connectivity index is 1.61. The third-order valence-corrected chi connectivity index (χ3v) is 4.53. The van der Waals surface area contributed by atoms with Gasteiger partial charge in [0.05, 0.1) is 25.1 Å². The molecule has 3 heterocycles. The summed E-state index contributed by atoms with van der Waals surface area (Å²) >= 11 is 0. The van der Waals surface area contributed by atoms with Gasteiger partial charge >= 0.3 is 6.01 Å². The topological polar surface area (TPSA) is 124 Å². The van der Waals surface area contributed by atoms with Crippen LogP contribution in [0.4, 0.5) is 11.8 Å². The second-order valence-electron chi connectivity index (χ2n) is 6.76. The van der Waals surface area contributed by atoms with Crippen molar-refractivity contribution < 1.29 is 13.9 Å². The minimum atomic E-state index is -0.0675. The molecule has 1 saturated heterocycles. The molecule has 10 nitrogen and oxygen atoms in total. The lowest BCUT2D eigenvalue weighted by atomic mass is 10.1. The Kier molecular flexibility index (Phi) is 5.09. The first-order valence-electron chi connectivity index (χ1n) is 9.14. The number of ether oxygens (including phenoxy) is 1. The number of amides is 1. The summed E-state index contributed by atoms with van der Waals surface area (Å²) in [6, 6.07) is 7.53. The summed E-state index contributed by atoms with van der Waals surface area (Å²) in [5.41, 5.74) is 8.29. The highest BCUT2D eigenvalue weighted by molar-refractivity contribution is 5.94. The number of morpholine rings is 1. The van der Waals surface area contributed by atoms with Crippen molar-refractivity contribution in [3.05, 3.63) is 36.0 Å². The predicted molar refractivity (Wildman–Crippen MR) is 106 cm³/mol. The summed E-state index contributed by atoms with van der Waals surface area (Å²) in [6.45, 7) is 2.59. The van der Waals surface area contributed by atoms with Gasteiger partial charge in [-0.2, -0.15) is 0 Å². The Labute approximate surface area is 167 Å². The molecule has 2 aromatic heterocycles. The molecule has 1 amide bonds. The summed E-state index contributed by atoms with van der Waals surface area (Å²) in [7, 11) is 3.42. The SMILES string of the molecule is CN(C)C(=O)c1ccc(-c2cnc(N)c(-c3nnc(N4CCOCC4)o3)n2)cc1. The maximum absolute atomic E-state index is 12.1. The van der Waals surface area contributed by atoms with Crippen molar-refractivity contribution in [1.82, 2.24) is 25.1 Å². The zero-order valence-electron chi connectivity index (χ0n) is 16.2. The van der Waals surface area contributed by atoms with E-state index < -0.39 is 0 Å². The van der Waals surface area contributed by atoms with Crippen molar-refractivity contribution in [2.75, 3.05) is 51.0 Å². The molecule has 0 radical (unpaired) electrons. The average molecular weight is 395 g/mol. The van der Waals surface area contributed by atoms with Crippen LogP contribution in [-0.4, -0.2) is 71.4 Å². The van der Waals surface area contributed by atoms with Gasteiger partial charge in [0.25, 0.3) is 11.8 Å². The van der Waals surface area contributed by atoms with Crippen LogP contribution < -0.4 is 10.6 Å². The van der Waals surface area contributed by atoms with E-state index in [-0.39, 0.29) is 17.6 Å². The van der Waals surface area contributed by atoms with Crippen molar-refractivity contribution in [3.63, 3.8) is 0 Å². The molecule has 1 aromatic carbocycles. The summed E-state index contributed by atoms with van der Waals surface area (Å²) < 4.78 is 11.1. The lowest BCUT2D eigenvalue weighted by Gasteiger charge is -2.24. The van der Waals surface area contributed by atoms with Gasteiger partial charge < -0.3 is 24.7 Å². The van der Waals surface area contributed by atoms with Gasteiger partial charge in [0.15, 0.2) is 11.5 Å². The first-order valence-corrected chi connectivity index (χ1v) is 9.14. The van der Waals surface area contributed by atoms with Crippen LogP contribution in [0.5, 0.6) is 0 Å². The number of rotatable bonds is 4. The van der Waals surface area contributed by atoms with Crippen molar-refractivity contribution in [3.8, 4) is 22.8 Å². The van der Waals surface area contributed by atoms with E-state index in [4.69, 9.17) is 14.9 Å². The van der Waals surface area contributed by atoms with E-state index in [1.807, 2.05) is 17.0 Å². The molecule has 0 spiro atoms. The average Bonchev–Trinajstić information content (AvgIpc) is 3.24. The fraction of sp³-hybridized carbons (Fsp3) is 0.316. The molecule has 3 aromatic rings. The number of carbonyl (C=O) groups is 1. The summed E-state index contributed by atoms with van der Waals surface area (Å²) in [5.74, 6) is 0.338. The molecule has 1 aliphatic heterocycles. The summed E-state index contributed by atoms with van der Waals surface area (Å²) in [5, 5.41) is 8.18. The molecule has 1 aliphatic rings. The number of nitrogens with zero attached hydrogens (tertiary/aromatic N) is 6. The predicted octanol–water partition coefficient (Wildman–Crippen LogP) is 1.31. The zero-order valence-corrected chi connectivity index (χ0v) is 16.2. The normalized spacial score (nSPS) is 14.1. The number of hydrogen-bond donors (Lipinski definition) is 1. The fourth-order valence-electron chi connectivity index (χ4n) is 2.93. The second-order valence-corrected chi connectivity index (χ2v) is 6.76.